The smallest absolute Gasteiger partial charge is 0.275 e. The summed E-state index contributed by atoms with van der Waals surface area (Å²) < 4.78 is 0. The van der Waals surface area contributed by atoms with E-state index >= 15 is 0 Å². The lowest BCUT2D eigenvalue weighted by molar-refractivity contribution is 0.0668. The first-order valence-electron chi connectivity index (χ1n) is 7.89. The fraction of sp³-hybridized carbons (Fsp3) is 0.500. The molecular weight excluding hydrogens is 300 g/mol. The quantitative estimate of drug-likeness (QED) is 0.877. The lowest BCUT2D eigenvalue weighted by Gasteiger charge is -2.35. The number of piperidine rings is 2. The molecule has 1 aromatic heterocycles. The third-order valence-corrected chi connectivity index (χ3v) is 5.77. The summed E-state index contributed by atoms with van der Waals surface area (Å²) in [6, 6.07) is 6.26. The van der Waals surface area contributed by atoms with Crippen LogP contribution in [0.5, 0.6) is 0 Å². The largest absolute Gasteiger partial charge is 0.330 e. The molecule has 0 spiro atoms. The van der Waals surface area contributed by atoms with Gasteiger partial charge < -0.3 is 9.80 Å². The molecule has 1 aromatic carbocycles. The standard InChI is InChI=1S/C16H17ClN4O/c17-10-1-2-13-12(6-10)15(19-18-13)16(22)21-11-5-9-7-20(8-11)4-3-14(9)21/h1-2,6,9,11,14H,3-5,7-8H2,(H,18,19). The van der Waals surface area contributed by atoms with Crippen LogP contribution in [-0.2, 0) is 0 Å². The maximum Gasteiger partial charge on any atom is 0.275 e. The number of likely N-dealkylation sites (tertiary alicyclic amines) is 1. The predicted molar refractivity (Wildman–Crippen MR) is 84.0 cm³/mol. The third-order valence-electron chi connectivity index (χ3n) is 5.53. The van der Waals surface area contributed by atoms with E-state index in [2.05, 4.69) is 20.0 Å². The average molecular weight is 317 g/mol. The van der Waals surface area contributed by atoms with Gasteiger partial charge in [0, 0.05) is 42.1 Å². The monoisotopic (exact) mass is 316 g/mol. The summed E-state index contributed by atoms with van der Waals surface area (Å²) >= 11 is 6.09. The maximum atomic E-state index is 13.1. The van der Waals surface area contributed by atoms with Gasteiger partial charge in [-0.05, 0) is 37.0 Å². The zero-order valence-corrected chi connectivity index (χ0v) is 12.9. The molecule has 1 amide bonds. The fourth-order valence-electron chi connectivity index (χ4n) is 4.64. The molecule has 4 heterocycles. The average Bonchev–Trinajstić information content (AvgIpc) is 2.98. The molecule has 1 N–H and O–H groups in total. The minimum Gasteiger partial charge on any atom is -0.330 e. The summed E-state index contributed by atoms with van der Waals surface area (Å²) in [5, 5.41) is 8.71. The molecule has 114 valence electrons. The van der Waals surface area contributed by atoms with Crippen LogP contribution in [0, 0.1) is 5.92 Å². The number of carbonyl (C=O) groups excluding carboxylic acids is 1. The van der Waals surface area contributed by atoms with Gasteiger partial charge in [0.25, 0.3) is 5.91 Å². The van der Waals surface area contributed by atoms with Crippen molar-refractivity contribution in [2.24, 2.45) is 5.92 Å². The number of fused-ring (bicyclic) bond motifs is 3. The van der Waals surface area contributed by atoms with Crippen molar-refractivity contribution in [3.05, 3.63) is 28.9 Å². The molecule has 3 aliphatic heterocycles. The second kappa shape index (κ2) is 4.46. The number of halogens is 1. The van der Waals surface area contributed by atoms with E-state index in [0.29, 0.717) is 28.7 Å². The van der Waals surface area contributed by atoms with Crippen molar-refractivity contribution in [3.8, 4) is 0 Å². The van der Waals surface area contributed by atoms with Crippen LogP contribution in [0.15, 0.2) is 18.2 Å². The topological polar surface area (TPSA) is 52.2 Å². The van der Waals surface area contributed by atoms with Crippen molar-refractivity contribution >= 4 is 28.4 Å². The van der Waals surface area contributed by atoms with Crippen LogP contribution in [0.2, 0.25) is 5.02 Å². The van der Waals surface area contributed by atoms with Crippen LogP contribution in [0.4, 0.5) is 0 Å². The summed E-state index contributed by atoms with van der Waals surface area (Å²) in [6.07, 6.45) is 2.24. The van der Waals surface area contributed by atoms with Crippen molar-refractivity contribution in [1.29, 1.82) is 0 Å². The van der Waals surface area contributed by atoms with Gasteiger partial charge in [0.15, 0.2) is 5.69 Å². The maximum absolute atomic E-state index is 13.1. The highest BCUT2D eigenvalue weighted by molar-refractivity contribution is 6.31. The molecule has 0 radical (unpaired) electrons. The lowest BCUT2D eigenvalue weighted by Crippen LogP contribution is -2.44. The van der Waals surface area contributed by atoms with Crippen LogP contribution in [0.25, 0.3) is 10.9 Å². The van der Waals surface area contributed by atoms with Gasteiger partial charge in [-0.25, -0.2) is 0 Å². The predicted octanol–water partition coefficient (Wildman–Crippen LogP) is 2.13. The minimum absolute atomic E-state index is 0.0646. The molecule has 3 aliphatic rings. The van der Waals surface area contributed by atoms with E-state index in [1.165, 1.54) is 0 Å². The number of aromatic nitrogens is 2. The highest BCUT2D eigenvalue weighted by Gasteiger charge is 2.50. The molecular formula is C16H17ClN4O. The Kier molecular flexibility index (Phi) is 2.62. The summed E-state index contributed by atoms with van der Waals surface area (Å²) in [7, 11) is 0. The third kappa shape index (κ3) is 1.69. The van der Waals surface area contributed by atoms with Gasteiger partial charge in [0.1, 0.15) is 0 Å². The zero-order valence-electron chi connectivity index (χ0n) is 12.1. The Bertz CT molecular complexity index is 773. The Hall–Kier alpha value is -1.59. The zero-order chi connectivity index (χ0) is 14.8. The van der Waals surface area contributed by atoms with Crippen molar-refractivity contribution in [2.45, 2.75) is 24.9 Å². The van der Waals surface area contributed by atoms with Crippen LogP contribution in [0.1, 0.15) is 23.3 Å². The second-order valence-corrected chi connectivity index (χ2v) is 7.18. The van der Waals surface area contributed by atoms with Gasteiger partial charge in [-0.1, -0.05) is 11.6 Å². The van der Waals surface area contributed by atoms with E-state index in [9.17, 15) is 4.79 Å². The Labute approximate surface area is 133 Å². The minimum atomic E-state index is 0.0646. The Morgan fingerprint density at radius 2 is 2.27 bits per heavy atom. The molecule has 4 atom stereocenters. The summed E-state index contributed by atoms with van der Waals surface area (Å²) in [5.74, 6) is 0.708. The highest BCUT2D eigenvalue weighted by Crippen LogP contribution is 2.41. The van der Waals surface area contributed by atoms with E-state index in [0.717, 1.165) is 43.4 Å². The van der Waals surface area contributed by atoms with Gasteiger partial charge in [-0.3, -0.25) is 9.89 Å². The Morgan fingerprint density at radius 3 is 3.18 bits per heavy atom. The number of hydrogen-bond acceptors (Lipinski definition) is 3. The molecule has 3 bridgehead atoms. The van der Waals surface area contributed by atoms with Crippen LogP contribution in [0.3, 0.4) is 0 Å². The normalized spacial score (nSPS) is 32.9. The van der Waals surface area contributed by atoms with Gasteiger partial charge in [0.2, 0.25) is 0 Å². The van der Waals surface area contributed by atoms with Gasteiger partial charge in [0.05, 0.1) is 5.52 Å². The van der Waals surface area contributed by atoms with Gasteiger partial charge in [-0.15, -0.1) is 0 Å². The summed E-state index contributed by atoms with van der Waals surface area (Å²) in [6.45, 7) is 3.29. The number of rotatable bonds is 1. The van der Waals surface area contributed by atoms with Crippen molar-refractivity contribution in [3.63, 3.8) is 0 Å². The highest BCUT2D eigenvalue weighted by atomic mass is 35.5. The summed E-state index contributed by atoms with van der Waals surface area (Å²) in [5.41, 5.74) is 1.38. The molecule has 2 aromatic rings. The molecule has 5 nitrogen and oxygen atoms in total. The molecule has 6 heteroatoms. The van der Waals surface area contributed by atoms with Crippen molar-refractivity contribution in [1.82, 2.24) is 20.0 Å². The number of aromatic amines is 1. The van der Waals surface area contributed by atoms with E-state index in [1.54, 1.807) is 0 Å². The molecule has 3 saturated heterocycles. The Morgan fingerprint density at radius 1 is 1.36 bits per heavy atom. The number of nitrogens with one attached hydrogen (secondary N) is 1. The number of amides is 1. The Balaban J connectivity index is 1.57. The van der Waals surface area contributed by atoms with E-state index < -0.39 is 0 Å². The first-order chi connectivity index (χ1) is 10.7. The molecule has 4 unspecified atom stereocenters. The second-order valence-electron chi connectivity index (χ2n) is 6.74. The van der Waals surface area contributed by atoms with E-state index in [4.69, 9.17) is 11.6 Å². The van der Waals surface area contributed by atoms with E-state index in [-0.39, 0.29) is 5.91 Å². The van der Waals surface area contributed by atoms with Crippen molar-refractivity contribution in [2.75, 3.05) is 19.6 Å². The lowest BCUT2D eigenvalue weighted by atomic mass is 9.89. The number of H-pyrrole nitrogens is 1. The number of nitrogens with zero attached hydrogens (tertiary/aromatic N) is 3. The van der Waals surface area contributed by atoms with Crippen molar-refractivity contribution < 1.29 is 4.79 Å². The molecule has 3 fully saturated rings. The molecule has 22 heavy (non-hydrogen) atoms. The molecule has 0 aliphatic carbocycles. The first kappa shape index (κ1) is 12.9. The number of benzene rings is 1. The summed E-state index contributed by atoms with van der Waals surface area (Å²) in [4.78, 5) is 17.8. The number of hydrogen-bond donors (Lipinski definition) is 1. The molecule has 5 rings (SSSR count). The first-order valence-corrected chi connectivity index (χ1v) is 8.27. The van der Waals surface area contributed by atoms with Gasteiger partial charge >= 0.3 is 0 Å². The van der Waals surface area contributed by atoms with Crippen LogP contribution < -0.4 is 0 Å². The van der Waals surface area contributed by atoms with Gasteiger partial charge in [-0.2, -0.15) is 5.10 Å². The van der Waals surface area contributed by atoms with Crippen LogP contribution >= 0.6 is 11.6 Å². The van der Waals surface area contributed by atoms with E-state index in [1.807, 2.05) is 18.2 Å². The fourth-order valence-corrected chi connectivity index (χ4v) is 4.81. The number of carbonyl (C=O) groups is 1. The SMILES string of the molecule is O=C(c1n[nH]c2ccc(Cl)cc12)N1C2CC3CN(CCC31)C2. The molecule has 0 saturated carbocycles. The van der Waals surface area contributed by atoms with Crippen LogP contribution in [-0.4, -0.2) is 57.6 Å².